The van der Waals surface area contributed by atoms with Crippen LogP contribution < -0.4 is 0 Å². The SMILES string of the molecule is CC1CN(C(=O)c2n[nH]c(C(C)(C)C)n2)CC(C)O1. The van der Waals surface area contributed by atoms with Gasteiger partial charge in [-0.1, -0.05) is 20.8 Å². The van der Waals surface area contributed by atoms with Gasteiger partial charge in [0.2, 0.25) is 5.82 Å². The molecule has 1 fully saturated rings. The van der Waals surface area contributed by atoms with E-state index in [4.69, 9.17) is 4.74 Å². The average molecular weight is 266 g/mol. The standard InChI is InChI=1S/C13H22N4O2/c1-8-6-17(7-9(2)19-8)11(18)10-14-12(16-15-10)13(3,4)5/h8-9H,6-7H2,1-5H3,(H,14,15,16). The average Bonchev–Trinajstić information content (AvgIpc) is 2.75. The maximum atomic E-state index is 12.4. The Kier molecular flexibility index (Phi) is 3.62. The monoisotopic (exact) mass is 266 g/mol. The minimum atomic E-state index is -0.142. The van der Waals surface area contributed by atoms with E-state index in [2.05, 4.69) is 15.2 Å². The summed E-state index contributed by atoms with van der Waals surface area (Å²) in [6, 6.07) is 0. The van der Waals surface area contributed by atoms with E-state index in [1.54, 1.807) is 4.90 Å². The first kappa shape index (κ1) is 14.0. The van der Waals surface area contributed by atoms with E-state index >= 15 is 0 Å². The van der Waals surface area contributed by atoms with Gasteiger partial charge in [0.15, 0.2) is 0 Å². The molecule has 0 saturated carbocycles. The Morgan fingerprint density at radius 1 is 1.32 bits per heavy atom. The summed E-state index contributed by atoms with van der Waals surface area (Å²) < 4.78 is 5.62. The zero-order valence-electron chi connectivity index (χ0n) is 12.2. The molecule has 1 aliphatic heterocycles. The molecule has 1 aromatic rings. The molecule has 0 aliphatic carbocycles. The predicted octanol–water partition coefficient (Wildman–Crippen LogP) is 1.35. The molecule has 2 atom stereocenters. The number of hydrogen-bond donors (Lipinski definition) is 1. The summed E-state index contributed by atoms with van der Waals surface area (Å²) in [5, 5.41) is 6.89. The highest BCUT2D eigenvalue weighted by atomic mass is 16.5. The van der Waals surface area contributed by atoms with E-state index in [9.17, 15) is 4.79 Å². The van der Waals surface area contributed by atoms with Crippen LogP contribution in [0.5, 0.6) is 0 Å². The molecule has 19 heavy (non-hydrogen) atoms. The molecule has 0 radical (unpaired) electrons. The van der Waals surface area contributed by atoms with Crippen LogP contribution in [-0.2, 0) is 10.2 Å². The van der Waals surface area contributed by atoms with Crippen LogP contribution in [0.3, 0.4) is 0 Å². The van der Waals surface area contributed by atoms with Crippen LogP contribution in [0.25, 0.3) is 0 Å². The number of carbonyl (C=O) groups excluding carboxylic acids is 1. The molecule has 0 spiro atoms. The lowest BCUT2D eigenvalue weighted by Gasteiger charge is -2.34. The number of nitrogens with zero attached hydrogens (tertiary/aromatic N) is 3. The normalized spacial score (nSPS) is 24.6. The lowest BCUT2D eigenvalue weighted by molar-refractivity contribution is -0.0588. The van der Waals surface area contributed by atoms with Gasteiger partial charge in [0.05, 0.1) is 12.2 Å². The summed E-state index contributed by atoms with van der Waals surface area (Å²) >= 11 is 0. The van der Waals surface area contributed by atoms with Gasteiger partial charge in [-0.3, -0.25) is 9.89 Å². The Labute approximate surface area is 113 Å². The molecule has 0 aromatic carbocycles. The molecule has 1 saturated heterocycles. The fourth-order valence-corrected chi connectivity index (χ4v) is 2.18. The number of rotatable bonds is 1. The maximum absolute atomic E-state index is 12.4. The van der Waals surface area contributed by atoms with E-state index in [0.29, 0.717) is 13.1 Å². The van der Waals surface area contributed by atoms with Crippen molar-refractivity contribution in [1.82, 2.24) is 20.1 Å². The van der Waals surface area contributed by atoms with Crippen molar-refractivity contribution in [2.24, 2.45) is 0 Å². The summed E-state index contributed by atoms with van der Waals surface area (Å²) in [5.41, 5.74) is -0.142. The molecular formula is C13H22N4O2. The lowest BCUT2D eigenvalue weighted by Crippen LogP contribution is -2.48. The molecule has 1 amide bonds. The predicted molar refractivity (Wildman–Crippen MR) is 71.0 cm³/mol. The quantitative estimate of drug-likeness (QED) is 0.833. The molecule has 2 rings (SSSR count). The van der Waals surface area contributed by atoms with Crippen LogP contribution >= 0.6 is 0 Å². The van der Waals surface area contributed by atoms with Crippen LogP contribution in [-0.4, -0.2) is 51.3 Å². The van der Waals surface area contributed by atoms with Crippen molar-refractivity contribution in [2.45, 2.75) is 52.2 Å². The number of H-pyrrole nitrogens is 1. The molecule has 0 bridgehead atoms. The minimum Gasteiger partial charge on any atom is -0.372 e. The Bertz CT molecular complexity index is 453. The molecule has 6 nitrogen and oxygen atoms in total. The zero-order chi connectivity index (χ0) is 14.2. The van der Waals surface area contributed by atoms with Gasteiger partial charge >= 0.3 is 0 Å². The van der Waals surface area contributed by atoms with Crippen molar-refractivity contribution in [3.05, 3.63) is 11.6 Å². The lowest BCUT2D eigenvalue weighted by atomic mass is 9.96. The highest BCUT2D eigenvalue weighted by Crippen LogP contribution is 2.18. The highest BCUT2D eigenvalue weighted by Gasteiger charge is 2.29. The Morgan fingerprint density at radius 2 is 1.89 bits per heavy atom. The number of hydrogen-bond acceptors (Lipinski definition) is 4. The van der Waals surface area contributed by atoms with Crippen molar-refractivity contribution in [3.63, 3.8) is 0 Å². The third-order valence-corrected chi connectivity index (χ3v) is 3.09. The van der Waals surface area contributed by atoms with E-state index in [1.807, 2.05) is 34.6 Å². The summed E-state index contributed by atoms with van der Waals surface area (Å²) in [6.07, 6.45) is 0.0995. The fourth-order valence-electron chi connectivity index (χ4n) is 2.18. The van der Waals surface area contributed by atoms with Gasteiger partial charge in [-0.2, -0.15) is 0 Å². The summed E-state index contributed by atoms with van der Waals surface area (Å²) in [4.78, 5) is 18.4. The smallest absolute Gasteiger partial charge is 0.293 e. The molecule has 1 N–H and O–H groups in total. The van der Waals surface area contributed by atoms with Crippen LogP contribution in [0.15, 0.2) is 0 Å². The van der Waals surface area contributed by atoms with Crippen LogP contribution in [0.4, 0.5) is 0 Å². The number of morpholine rings is 1. The number of carbonyl (C=O) groups is 1. The van der Waals surface area contributed by atoms with Crippen molar-refractivity contribution < 1.29 is 9.53 Å². The van der Waals surface area contributed by atoms with Gasteiger partial charge in [0.25, 0.3) is 5.91 Å². The molecule has 2 unspecified atom stereocenters. The van der Waals surface area contributed by atoms with E-state index < -0.39 is 0 Å². The largest absolute Gasteiger partial charge is 0.372 e. The van der Waals surface area contributed by atoms with Gasteiger partial charge in [-0.15, -0.1) is 5.10 Å². The highest BCUT2D eigenvalue weighted by molar-refractivity contribution is 5.90. The van der Waals surface area contributed by atoms with Gasteiger partial charge in [0.1, 0.15) is 5.82 Å². The van der Waals surface area contributed by atoms with Gasteiger partial charge in [-0.25, -0.2) is 4.98 Å². The molecule has 6 heteroatoms. The van der Waals surface area contributed by atoms with Crippen molar-refractivity contribution in [1.29, 1.82) is 0 Å². The Morgan fingerprint density at radius 3 is 2.37 bits per heavy atom. The van der Waals surface area contributed by atoms with Gasteiger partial charge < -0.3 is 9.64 Å². The van der Waals surface area contributed by atoms with E-state index in [0.717, 1.165) is 5.82 Å². The topological polar surface area (TPSA) is 71.1 Å². The second-order valence-electron chi connectivity index (χ2n) is 6.23. The first-order chi connectivity index (χ1) is 8.77. The summed E-state index contributed by atoms with van der Waals surface area (Å²) in [5.74, 6) is 0.838. The first-order valence-electron chi connectivity index (χ1n) is 6.65. The summed E-state index contributed by atoms with van der Waals surface area (Å²) in [6.45, 7) is 11.2. The molecular weight excluding hydrogens is 244 g/mol. The van der Waals surface area contributed by atoms with E-state index in [1.165, 1.54) is 0 Å². The molecule has 2 heterocycles. The van der Waals surface area contributed by atoms with Gasteiger partial charge in [-0.05, 0) is 13.8 Å². The second kappa shape index (κ2) is 4.92. The number of aromatic amines is 1. The third-order valence-electron chi connectivity index (χ3n) is 3.09. The van der Waals surface area contributed by atoms with Crippen molar-refractivity contribution >= 4 is 5.91 Å². The molecule has 1 aromatic heterocycles. The fraction of sp³-hybridized carbons (Fsp3) is 0.769. The van der Waals surface area contributed by atoms with Crippen LogP contribution in [0.2, 0.25) is 0 Å². The molecule has 1 aliphatic rings. The minimum absolute atomic E-state index is 0.0497. The number of nitrogens with one attached hydrogen (secondary N) is 1. The number of aromatic nitrogens is 3. The van der Waals surface area contributed by atoms with Crippen LogP contribution in [0.1, 0.15) is 51.1 Å². The zero-order valence-corrected chi connectivity index (χ0v) is 12.2. The van der Waals surface area contributed by atoms with Crippen molar-refractivity contribution in [3.8, 4) is 0 Å². The Balaban J connectivity index is 2.13. The maximum Gasteiger partial charge on any atom is 0.293 e. The van der Waals surface area contributed by atoms with Crippen molar-refractivity contribution in [2.75, 3.05) is 13.1 Å². The first-order valence-corrected chi connectivity index (χ1v) is 6.65. The van der Waals surface area contributed by atoms with Gasteiger partial charge in [0, 0.05) is 18.5 Å². The number of amides is 1. The second-order valence-corrected chi connectivity index (χ2v) is 6.23. The van der Waals surface area contributed by atoms with E-state index in [-0.39, 0.29) is 29.4 Å². The Hall–Kier alpha value is -1.43. The summed E-state index contributed by atoms with van der Waals surface area (Å²) in [7, 11) is 0. The number of ether oxygens (including phenoxy) is 1. The molecule has 106 valence electrons. The van der Waals surface area contributed by atoms with Crippen LogP contribution in [0, 0.1) is 0 Å². The third kappa shape index (κ3) is 3.12.